The van der Waals surface area contributed by atoms with Crippen molar-refractivity contribution in [3.8, 4) is 0 Å². The molecule has 0 fully saturated rings. The molecule has 1 atom stereocenters. The van der Waals surface area contributed by atoms with Gasteiger partial charge in [0, 0.05) is 16.2 Å². The first-order valence-corrected chi connectivity index (χ1v) is 6.75. The summed E-state index contributed by atoms with van der Waals surface area (Å²) in [5.74, 6) is 1.11. The smallest absolute Gasteiger partial charge is 0.114 e. The van der Waals surface area contributed by atoms with E-state index in [1.807, 2.05) is 11.3 Å². The van der Waals surface area contributed by atoms with Crippen LogP contribution in [0.25, 0.3) is 0 Å². The van der Waals surface area contributed by atoms with Crippen LogP contribution in [0.15, 0.2) is 24.0 Å². The van der Waals surface area contributed by atoms with Gasteiger partial charge in [0.1, 0.15) is 5.76 Å². The van der Waals surface area contributed by atoms with E-state index in [9.17, 15) is 0 Å². The predicted molar refractivity (Wildman–Crippen MR) is 68.7 cm³/mol. The molecule has 1 aliphatic rings. The van der Waals surface area contributed by atoms with Crippen molar-refractivity contribution in [3.05, 3.63) is 33.7 Å². The Kier molecular flexibility index (Phi) is 4.02. The molecule has 0 amide bonds. The average Bonchev–Trinajstić information content (AvgIpc) is 2.91. The van der Waals surface area contributed by atoms with E-state index in [0.29, 0.717) is 0 Å². The second kappa shape index (κ2) is 5.51. The fourth-order valence-electron chi connectivity index (χ4n) is 1.88. The first kappa shape index (κ1) is 11.7. The van der Waals surface area contributed by atoms with Crippen LogP contribution in [-0.4, -0.2) is 13.2 Å². The van der Waals surface area contributed by atoms with Crippen LogP contribution in [0.5, 0.6) is 0 Å². The normalized spacial score (nSPS) is 17.0. The van der Waals surface area contributed by atoms with Crippen molar-refractivity contribution in [2.75, 3.05) is 13.2 Å². The van der Waals surface area contributed by atoms with Crippen LogP contribution >= 0.6 is 11.3 Å². The molecule has 0 bridgehead atoms. The molecule has 0 saturated heterocycles. The molecule has 2 nitrogen and oxygen atoms in total. The standard InChI is InChI=1S/C13H19NOS/c1-3-8-14-13(11-5-4-9-15-11)12-7-6-10(2)16-12/h5-7,13-14H,3-4,8-9H2,1-2H3. The van der Waals surface area contributed by atoms with Crippen molar-refractivity contribution >= 4 is 11.3 Å². The number of nitrogens with one attached hydrogen (secondary N) is 1. The van der Waals surface area contributed by atoms with Crippen molar-refractivity contribution in [1.29, 1.82) is 0 Å². The lowest BCUT2D eigenvalue weighted by Crippen LogP contribution is -2.23. The quantitative estimate of drug-likeness (QED) is 0.847. The molecule has 1 aliphatic heterocycles. The van der Waals surface area contributed by atoms with Gasteiger partial charge in [0.25, 0.3) is 0 Å². The van der Waals surface area contributed by atoms with Gasteiger partial charge >= 0.3 is 0 Å². The molecule has 1 aromatic heterocycles. The maximum atomic E-state index is 5.68. The van der Waals surface area contributed by atoms with Crippen LogP contribution in [0, 0.1) is 6.92 Å². The molecule has 1 aromatic rings. The Morgan fingerprint density at radius 1 is 1.50 bits per heavy atom. The molecule has 3 heteroatoms. The molecule has 2 rings (SSSR count). The summed E-state index contributed by atoms with van der Waals surface area (Å²) in [5, 5.41) is 3.56. The molecule has 16 heavy (non-hydrogen) atoms. The van der Waals surface area contributed by atoms with E-state index in [2.05, 4.69) is 37.4 Å². The largest absolute Gasteiger partial charge is 0.496 e. The molecule has 0 aliphatic carbocycles. The van der Waals surface area contributed by atoms with Crippen LogP contribution in [-0.2, 0) is 4.74 Å². The number of ether oxygens (including phenoxy) is 1. The third kappa shape index (κ3) is 2.66. The highest BCUT2D eigenvalue weighted by atomic mass is 32.1. The molecule has 0 radical (unpaired) electrons. The Labute approximate surface area is 101 Å². The Bertz CT molecular complexity index is 370. The van der Waals surface area contributed by atoms with Gasteiger partial charge in [-0.2, -0.15) is 0 Å². The van der Waals surface area contributed by atoms with Crippen LogP contribution in [0.3, 0.4) is 0 Å². The number of hydrogen-bond donors (Lipinski definition) is 1. The highest BCUT2D eigenvalue weighted by Crippen LogP contribution is 2.31. The van der Waals surface area contributed by atoms with Crippen molar-refractivity contribution < 1.29 is 4.74 Å². The van der Waals surface area contributed by atoms with Gasteiger partial charge in [-0.15, -0.1) is 11.3 Å². The molecule has 1 N–H and O–H groups in total. The van der Waals surface area contributed by atoms with E-state index in [-0.39, 0.29) is 6.04 Å². The molecule has 2 heterocycles. The third-order valence-electron chi connectivity index (χ3n) is 2.66. The van der Waals surface area contributed by atoms with E-state index in [1.165, 1.54) is 9.75 Å². The summed E-state index contributed by atoms with van der Waals surface area (Å²) in [5.41, 5.74) is 0. The van der Waals surface area contributed by atoms with Crippen molar-refractivity contribution in [1.82, 2.24) is 5.32 Å². The van der Waals surface area contributed by atoms with Crippen LogP contribution in [0.2, 0.25) is 0 Å². The summed E-state index contributed by atoms with van der Waals surface area (Å²) in [6.07, 6.45) is 4.40. The maximum absolute atomic E-state index is 5.68. The summed E-state index contributed by atoms with van der Waals surface area (Å²) >= 11 is 1.85. The van der Waals surface area contributed by atoms with Crippen molar-refractivity contribution in [2.24, 2.45) is 0 Å². The van der Waals surface area contributed by atoms with Gasteiger partial charge in [-0.1, -0.05) is 6.92 Å². The molecule has 0 spiro atoms. The SMILES string of the molecule is CCCNC(C1=CCCO1)c1ccc(C)s1. The number of aryl methyl sites for hydroxylation is 1. The summed E-state index contributed by atoms with van der Waals surface area (Å²) in [6, 6.07) is 4.65. The maximum Gasteiger partial charge on any atom is 0.114 e. The third-order valence-corrected chi connectivity index (χ3v) is 3.73. The van der Waals surface area contributed by atoms with E-state index in [1.54, 1.807) is 0 Å². The monoisotopic (exact) mass is 237 g/mol. The fourth-order valence-corrected chi connectivity index (χ4v) is 2.84. The zero-order valence-corrected chi connectivity index (χ0v) is 10.8. The Morgan fingerprint density at radius 2 is 2.38 bits per heavy atom. The summed E-state index contributed by atoms with van der Waals surface area (Å²) in [6.45, 7) is 6.20. The minimum atomic E-state index is 0.265. The Morgan fingerprint density at radius 3 is 2.94 bits per heavy atom. The zero-order chi connectivity index (χ0) is 11.4. The van der Waals surface area contributed by atoms with E-state index < -0.39 is 0 Å². The second-order valence-electron chi connectivity index (χ2n) is 4.08. The summed E-state index contributed by atoms with van der Waals surface area (Å²) in [4.78, 5) is 2.72. The second-order valence-corrected chi connectivity index (χ2v) is 5.40. The number of hydrogen-bond acceptors (Lipinski definition) is 3. The lowest BCUT2D eigenvalue weighted by molar-refractivity contribution is 0.216. The molecule has 0 aromatic carbocycles. The van der Waals surface area contributed by atoms with Crippen molar-refractivity contribution in [2.45, 2.75) is 32.7 Å². The average molecular weight is 237 g/mol. The minimum Gasteiger partial charge on any atom is -0.496 e. The van der Waals surface area contributed by atoms with E-state index >= 15 is 0 Å². The molecular formula is C13H19NOS. The molecule has 88 valence electrons. The van der Waals surface area contributed by atoms with E-state index in [4.69, 9.17) is 4.74 Å². The Hall–Kier alpha value is -0.800. The van der Waals surface area contributed by atoms with Gasteiger partial charge < -0.3 is 10.1 Å². The predicted octanol–water partition coefficient (Wildman–Crippen LogP) is 3.40. The highest BCUT2D eigenvalue weighted by Gasteiger charge is 2.21. The summed E-state index contributed by atoms with van der Waals surface area (Å²) < 4.78 is 5.68. The Balaban J connectivity index is 2.13. The molecule has 0 saturated carbocycles. The van der Waals surface area contributed by atoms with Crippen LogP contribution in [0.1, 0.15) is 35.6 Å². The summed E-state index contributed by atoms with van der Waals surface area (Å²) in [7, 11) is 0. The minimum absolute atomic E-state index is 0.265. The first-order chi connectivity index (χ1) is 7.81. The van der Waals surface area contributed by atoms with Gasteiger partial charge in [0.2, 0.25) is 0 Å². The van der Waals surface area contributed by atoms with Gasteiger partial charge in [0.05, 0.1) is 12.6 Å². The van der Waals surface area contributed by atoms with Gasteiger partial charge in [-0.3, -0.25) is 0 Å². The first-order valence-electron chi connectivity index (χ1n) is 5.94. The van der Waals surface area contributed by atoms with Crippen molar-refractivity contribution in [3.63, 3.8) is 0 Å². The lowest BCUT2D eigenvalue weighted by Gasteiger charge is -2.18. The zero-order valence-electron chi connectivity index (χ0n) is 9.95. The van der Waals surface area contributed by atoms with Crippen LogP contribution in [0.4, 0.5) is 0 Å². The van der Waals surface area contributed by atoms with Gasteiger partial charge in [-0.05, 0) is 38.1 Å². The number of thiophene rings is 1. The van der Waals surface area contributed by atoms with Gasteiger partial charge in [0.15, 0.2) is 0 Å². The number of rotatable bonds is 5. The van der Waals surface area contributed by atoms with Crippen LogP contribution < -0.4 is 5.32 Å². The van der Waals surface area contributed by atoms with Gasteiger partial charge in [-0.25, -0.2) is 0 Å². The lowest BCUT2D eigenvalue weighted by atomic mass is 10.2. The van der Waals surface area contributed by atoms with E-state index in [0.717, 1.165) is 31.8 Å². The topological polar surface area (TPSA) is 21.3 Å². The molecular weight excluding hydrogens is 218 g/mol. The molecule has 1 unspecified atom stereocenters. The fraction of sp³-hybridized carbons (Fsp3) is 0.538. The highest BCUT2D eigenvalue weighted by molar-refractivity contribution is 7.12.